The fourth-order valence-electron chi connectivity index (χ4n) is 4.93. The molecule has 0 spiro atoms. The Morgan fingerprint density at radius 3 is 2.56 bits per heavy atom. The van der Waals surface area contributed by atoms with E-state index in [0.717, 1.165) is 33.8 Å². The topological polar surface area (TPSA) is 64.4 Å². The van der Waals surface area contributed by atoms with Crippen molar-refractivity contribution in [2.45, 2.75) is 33.2 Å². The van der Waals surface area contributed by atoms with Gasteiger partial charge in [-0.15, -0.1) is 0 Å². The van der Waals surface area contributed by atoms with E-state index in [-0.39, 0.29) is 12.5 Å². The molecule has 5 rings (SSSR count). The molecular weight excluding hydrogens is 426 g/mol. The Hall–Kier alpha value is -3.67. The molecule has 1 amide bonds. The minimum absolute atomic E-state index is 0.217. The number of esters is 1. The maximum atomic E-state index is 14.0. The Labute approximate surface area is 199 Å². The summed E-state index contributed by atoms with van der Waals surface area (Å²) in [4.78, 5) is 33.9. The van der Waals surface area contributed by atoms with Gasteiger partial charge < -0.3 is 9.30 Å². The second-order valence-corrected chi connectivity index (χ2v) is 9.19. The molecule has 0 bridgehead atoms. The number of hydrogen-bond donors (Lipinski definition) is 0. The van der Waals surface area contributed by atoms with Crippen LogP contribution in [0.1, 0.15) is 38.8 Å². The van der Waals surface area contributed by atoms with E-state index < -0.39 is 17.9 Å². The smallest absolute Gasteiger partial charge is 0.321 e. The van der Waals surface area contributed by atoms with Gasteiger partial charge in [-0.05, 0) is 47.7 Å². The first-order chi connectivity index (χ1) is 16.5. The third-order valence-corrected chi connectivity index (χ3v) is 6.56. The number of ether oxygens (including phenoxy) is 1. The van der Waals surface area contributed by atoms with Crippen LogP contribution in [-0.4, -0.2) is 34.6 Å². The first-order valence-electron chi connectivity index (χ1n) is 11.9. The lowest BCUT2D eigenvalue weighted by Gasteiger charge is -2.38. The van der Waals surface area contributed by atoms with E-state index in [1.165, 1.54) is 0 Å². The molecule has 0 radical (unpaired) electrons. The third kappa shape index (κ3) is 3.63. The van der Waals surface area contributed by atoms with E-state index >= 15 is 0 Å². The summed E-state index contributed by atoms with van der Waals surface area (Å²) < 4.78 is 7.54. The van der Waals surface area contributed by atoms with Crippen LogP contribution in [0.15, 0.2) is 66.7 Å². The van der Waals surface area contributed by atoms with Crippen molar-refractivity contribution < 1.29 is 14.3 Å². The molecule has 0 unspecified atom stereocenters. The fraction of sp³-hybridized carbons (Fsp3) is 0.321. The van der Waals surface area contributed by atoms with E-state index in [1.54, 1.807) is 11.8 Å². The lowest BCUT2D eigenvalue weighted by Crippen LogP contribution is -2.50. The standard InChI is InChI=1S/C28H29N3O3/c1-4-34-27(33)24-25(21-13-9-11-19-10-5-6-12-20(19)21)31-23-15-8-7-14-22(23)29-28(31)30(26(24)32)17-16-18(2)3/h5-15,18,24-25H,4,16-17H2,1-3H3/t24-,25+/m0/s1. The number of nitrogens with zero attached hydrogens (tertiary/aromatic N) is 3. The van der Waals surface area contributed by atoms with Crippen LogP contribution in [0, 0.1) is 11.8 Å². The molecule has 6 heteroatoms. The molecule has 34 heavy (non-hydrogen) atoms. The number of rotatable bonds is 6. The Morgan fingerprint density at radius 2 is 1.76 bits per heavy atom. The highest BCUT2D eigenvalue weighted by molar-refractivity contribution is 6.09. The van der Waals surface area contributed by atoms with Gasteiger partial charge in [0.05, 0.1) is 23.7 Å². The number of benzene rings is 3. The zero-order chi connectivity index (χ0) is 23.8. The minimum atomic E-state index is -0.997. The summed E-state index contributed by atoms with van der Waals surface area (Å²) in [5, 5.41) is 2.07. The number of para-hydroxylation sites is 2. The van der Waals surface area contributed by atoms with Crippen molar-refractivity contribution in [3.05, 3.63) is 72.3 Å². The number of carbonyl (C=O) groups excluding carboxylic acids is 2. The molecule has 0 saturated heterocycles. The van der Waals surface area contributed by atoms with E-state index in [2.05, 4.69) is 18.4 Å². The van der Waals surface area contributed by atoms with Gasteiger partial charge in [0.1, 0.15) is 0 Å². The van der Waals surface area contributed by atoms with Crippen molar-refractivity contribution in [2.75, 3.05) is 18.1 Å². The Kier molecular flexibility index (Phi) is 5.82. The van der Waals surface area contributed by atoms with Crippen molar-refractivity contribution in [3.63, 3.8) is 0 Å². The average Bonchev–Trinajstić information content (AvgIpc) is 3.21. The molecule has 0 aliphatic carbocycles. The van der Waals surface area contributed by atoms with Crippen LogP contribution in [-0.2, 0) is 14.3 Å². The fourth-order valence-corrected chi connectivity index (χ4v) is 4.93. The van der Waals surface area contributed by atoms with Crippen LogP contribution < -0.4 is 4.90 Å². The van der Waals surface area contributed by atoms with Gasteiger partial charge in [0.2, 0.25) is 11.9 Å². The molecule has 6 nitrogen and oxygen atoms in total. The lowest BCUT2D eigenvalue weighted by molar-refractivity contribution is -0.153. The molecule has 1 aromatic heterocycles. The number of fused-ring (bicyclic) bond motifs is 4. The highest BCUT2D eigenvalue weighted by Gasteiger charge is 2.48. The van der Waals surface area contributed by atoms with Crippen LogP contribution in [0.4, 0.5) is 5.95 Å². The molecule has 0 fully saturated rings. The zero-order valence-corrected chi connectivity index (χ0v) is 19.8. The molecule has 2 heterocycles. The average molecular weight is 456 g/mol. The zero-order valence-electron chi connectivity index (χ0n) is 19.8. The molecule has 1 aliphatic rings. The number of anilines is 1. The van der Waals surface area contributed by atoms with Crippen LogP contribution >= 0.6 is 0 Å². The van der Waals surface area contributed by atoms with Crippen LogP contribution in [0.2, 0.25) is 0 Å². The van der Waals surface area contributed by atoms with Gasteiger partial charge >= 0.3 is 5.97 Å². The summed E-state index contributed by atoms with van der Waals surface area (Å²) in [6, 6.07) is 21.4. The van der Waals surface area contributed by atoms with Crippen molar-refractivity contribution in [2.24, 2.45) is 11.8 Å². The molecule has 174 valence electrons. The predicted molar refractivity (Wildman–Crippen MR) is 134 cm³/mol. The summed E-state index contributed by atoms with van der Waals surface area (Å²) in [6.07, 6.45) is 0.809. The molecule has 1 aliphatic heterocycles. The summed E-state index contributed by atoms with van der Waals surface area (Å²) >= 11 is 0. The summed E-state index contributed by atoms with van der Waals surface area (Å²) in [7, 11) is 0. The van der Waals surface area contributed by atoms with E-state index in [1.807, 2.05) is 66.7 Å². The maximum absolute atomic E-state index is 14.0. The van der Waals surface area contributed by atoms with E-state index in [9.17, 15) is 9.59 Å². The predicted octanol–water partition coefficient (Wildman–Crippen LogP) is 5.35. The SMILES string of the molecule is CCOC(=O)[C@@H]1C(=O)N(CCC(C)C)c2nc3ccccc3n2[C@@H]1c1cccc2ccccc12. The van der Waals surface area contributed by atoms with E-state index in [0.29, 0.717) is 18.4 Å². The molecule has 2 atom stereocenters. The quantitative estimate of drug-likeness (QED) is 0.290. The van der Waals surface area contributed by atoms with Crippen LogP contribution in [0.3, 0.4) is 0 Å². The summed E-state index contributed by atoms with van der Waals surface area (Å²) in [5.74, 6) is -0.751. The first-order valence-corrected chi connectivity index (χ1v) is 11.9. The van der Waals surface area contributed by atoms with Gasteiger partial charge in [-0.25, -0.2) is 4.98 Å². The van der Waals surface area contributed by atoms with Crippen LogP contribution in [0.25, 0.3) is 21.8 Å². The number of carbonyl (C=O) groups is 2. The molecule has 3 aromatic carbocycles. The van der Waals surface area contributed by atoms with Crippen molar-refractivity contribution in [3.8, 4) is 0 Å². The summed E-state index contributed by atoms with van der Waals surface area (Å²) in [6.45, 7) is 6.73. The molecule has 0 saturated carbocycles. The largest absolute Gasteiger partial charge is 0.465 e. The van der Waals surface area contributed by atoms with Crippen molar-refractivity contribution >= 4 is 39.6 Å². The monoisotopic (exact) mass is 455 g/mol. The van der Waals surface area contributed by atoms with Crippen molar-refractivity contribution in [1.82, 2.24) is 9.55 Å². The Morgan fingerprint density at radius 1 is 1.03 bits per heavy atom. The van der Waals surface area contributed by atoms with E-state index in [4.69, 9.17) is 9.72 Å². The normalized spacial score (nSPS) is 18.0. The first kappa shape index (κ1) is 22.1. The van der Waals surface area contributed by atoms with Crippen LogP contribution in [0.5, 0.6) is 0 Å². The van der Waals surface area contributed by atoms with Gasteiger partial charge in [-0.3, -0.25) is 14.5 Å². The number of hydrogen-bond acceptors (Lipinski definition) is 4. The minimum Gasteiger partial charge on any atom is -0.465 e. The van der Waals surface area contributed by atoms with Crippen molar-refractivity contribution in [1.29, 1.82) is 0 Å². The highest BCUT2D eigenvalue weighted by Crippen LogP contribution is 2.43. The number of amides is 1. The number of aromatic nitrogens is 2. The molecule has 4 aromatic rings. The van der Waals surface area contributed by atoms with Gasteiger partial charge in [-0.1, -0.05) is 68.4 Å². The molecular formula is C28H29N3O3. The Balaban J connectivity index is 1.80. The molecule has 0 N–H and O–H groups in total. The number of imidazole rings is 1. The maximum Gasteiger partial charge on any atom is 0.321 e. The second kappa shape index (κ2) is 8.93. The summed E-state index contributed by atoms with van der Waals surface area (Å²) in [5.41, 5.74) is 2.61. The Bertz CT molecular complexity index is 1370. The second-order valence-electron chi connectivity index (χ2n) is 9.19. The van der Waals surface area contributed by atoms with Gasteiger partial charge in [0.15, 0.2) is 5.92 Å². The highest BCUT2D eigenvalue weighted by atomic mass is 16.5. The van der Waals surface area contributed by atoms with Gasteiger partial charge in [0, 0.05) is 6.54 Å². The third-order valence-electron chi connectivity index (χ3n) is 6.56. The lowest BCUT2D eigenvalue weighted by atomic mass is 9.86. The van der Waals surface area contributed by atoms with Gasteiger partial charge in [-0.2, -0.15) is 0 Å². The van der Waals surface area contributed by atoms with Gasteiger partial charge in [0.25, 0.3) is 0 Å².